The third-order valence-corrected chi connectivity index (χ3v) is 4.60. The lowest BCUT2D eigenvalue weighted by atomic mass is 10.00. The van der Waals surface area contributed by atoms with Crippen molar-refractivity contribution < 1.29 is 9.18 Å². The highest BCUT2D eigenvalue weighted by molar-refractivity contribution is 6.10. The molecular weight excluding hydrogens is 317 g/mol. The van der Waals surface area contributed by atoms with E-state index in [0.29, 0.717) is 11.4 Å². The molecule has 2 aromatic carbocycles. The highest BCUT2D eigenvalue weighted by Gasteiger charge is 2.24. The molecule has 5 heteroatoms. The van der Waals surface area contributed by atoms with Crippen LogP contribution in [0.4, 0.5) is 15.9 Å². The van der Waals surface area contributed by atoms with Crippen molar-refractivity contribution in [2.24, 2.45) is 0 Å². The van der Waals surface area contributed by atoms with Gasteiger partial charge in [-0.3, -0.25) is 4.79 Å². The van der Waals surface area contributed by atoms with Crippen LogP contribution in [0, 0.1) is 12.7 Å². The average Bonchev–Trinajstić information content (AvgIpc) is 2.56. The monoisotopic (exact) mass is 335 g/mol. The number of halogens is 1. The Morgan fingerprint density at radius 3 is 2.60 bits per heavy atom. The van der Waals surface area contributed by atoms with Crippen LogP contribution in [0.5, 0.6) is 0 Å². The lowest BCUT2D eigenvalue weighted by Gasteiger charge is -2.31. The molecule has 1 aliphatic rings. The van der Waals surface area contributed by atoms with E-state index in [9.17, 15) is 9.18 Å². The van der Waals surface area contributed by atoms with Crippen LogP contribution in [0.3, 0.4) is 0 Å². The number of aryl methyl sites for hydroxylation is 1. The van der Waals surface area contributed by atoms with Gasteiger partial charge in [-0.15, -0.1) is 0 Å². The van der Waals surface area contributed by atoms with Crippen molar-refractivity contribution in [1.29, 1.82) is 0 Å². The van der Waals surface area contributed by atoms with E-state index in [1.807, 2.05) is 30.0 Å². The number of hydrogen-bond acceptors (Lipinski definition) is 3. The standard InChI is InChI=1S/C20H18FN3O/c1-13-4-2-5-16-18(13)17(20(25)24-10-3-11-24)12-22-19(16)23-15-8-6-14(21)7-9-15/h2,4-9,12H,3,10-11H2,1H3,(H,22,23). The van der Waals surface area contributed by atoms with Gasteiger partial charge in [-0.25, -0.2) is 9.37 Å². The van der Waals surface area contributed by atoms with Gasteiger partial charge in [-0.1, -0.05) is 18.2 Å². The summed E-state index contributed by atoms with van der Waals surface area (Å²) in [6, 6.07) is 12.0. The van der Waals surface area contributed by atoms with Gasteiger partial charge >= 0.3 is 0 Å². The van der Waals surface area contributed by atoms with E-state index < -0.39 is 0 Å². The number of anilines is 2. The second kappa shape index (κ2) is 6.16. The fourth-order valence-corrected chi connectivity index (χ4v) is 3.11. The van der Waals surface area contributed by atoms with Gasteiger partial charge in [0, 0.05) is 35.7 Å². The maximum absolute atomic E-state index is 13.1. The normalized spacial score (nSPS) is 13.6. The molecule has 0 atom stereocenters. The van der Waals surface area contributed by atoms with Crippen molar-refractivity contribution in [3.05, 3.63) is 65.6 Å². The number of hydrogen-bond donors (Lipinski definition) is 1. The Hall–Kier alpha value is -2.95. The number of rotatable bonds is 3. The lowest BCUT2D eigenvalue weighted by molar-refractivity contribution is 0.0653. The first kappa shape index (κ1) is 15.6. The first-order valence-corrected chi connectivity index (χ1v) is 8.34. The maximum Gasteiger partial charge on any atom is 0.256 e. The van der Waals surface area contributed by atoms with Crippen LogP contribution >= 0.6 is 0 Å². The summed E-state index contributed by atoms with van der Waals surface area (Å²) in [6.07, 6.45) is 2.70. The Morgan fingerprint density at radius 1 is 1.16 bits per heavy atom. The zero-order valence-electron chi connectivity index (χ0n) is 13.9. The molecule has 0 aliphatic carbocycles. The molecular formula is C20H18FN3O. The zero-order chi connectivity index (χ0) is 17.4. The van der Waals surface area contributed by atoms with Gasteiger partial charge in [0.25, 0.3) is 5.91 Å². The number of fused-ring (bicyclic) bond motifs is 1. The van der Waals surface area contributed by atoms with E-state index >= 15 is 0 Å². The first-order chi connectivity index (χ1) is 12.1. The van der Waals surface area contributed by atoms with Gasteiger partial charge in [0.05, 0.1) is 5.56 Å². The van der Waals surface area contributed by atoms with Crippen LogP contribution < -0.4 is 5.32 Å². The van der Waals surface area contributed by atoms with Crippen LogP contribution in [-0.4, -0.2) is 28.9 Å². The number of carbonyl (C=O) groups is 1. The first-order valence-electron chi connectivity index (χ1n) is 8.34. The SMILES string of the molecule is Cc1cccc2c(Nc3ccc(F)cc3)ncc(C(=O)N3CCC3)c12. The van der Waals surface area contributed by atoms with Gasteiger partial charge in [-0.05, 0) is 43.2 Å². The predicted octanol–water partition coefficient (Wildman–Crippen LogP) is 4.27. The summed E-state index contributed by atoms with van der Waals surface area (Å²) in [5.74, 6) is 0.409. The van der Waals surface area contributed by atoms with E-state index in [1.54, 1.807) is 18.3 Å². The van der Waals surface area contributed by atoms with Gasteiger partial charge in [0.1, 0.15) is 11.6 Å². The quantitative estimate of drug-likeness (QED) is 0.777. The molecule has 1 fully saturated rings. The van der Waals surface area contributed by atoms with Gasteiger partial charge in [0.15, 0.2) is 0 Å². The molecule has 25 heavy (non-hydrogen) atoms. The molecule has 0 radical (unpaired) electrons. The Morgan fingerprint density at radius 2 is 1.92 bits per heavy atom. The zero-order valence-corrected chi connectivity index (χ0v) is 13.9. The van der Waals surface area contributed by atoms with Crippen LogP contribution in [0.25, 0.3) is 10.8 Å². The summed E-state index contributed by atoms with van der Waals surface area (Å²) in [6.45, 7) is 3.61. The predicted molar refractivity (Wildman–Crippen MR) is 96.7 cm³/mol. The van der Waals surface area contributed by atoms with Crippen molar-refractivity contribution in [3.63, 3.8) is 0 Å². The molecule has 0 unspecified atom stereocenters. The summed E-state index contributed by atoms with van der Waals surface area (Å²) >= 11 is 0. The van der Waals surface area contributed by atoms with E-state index in [1.165, 1.54) is 12.1 Å². The van der Waals surface area contributed by atoms with Crippen LogP contribution in [0.15, 0.2) is 48.7 Å². The molecule has 3 aromatic rings. The summed E-state index contributed by atoms with van der Waals surface area (Å²) in [7, 11) is 0. The molecule has 4 nitrogen and oxygen atoms in total. The van der Waals surface area contributed by atoms with E-state index in [-0.39, 0.29) is 11.7 Å². The van der Waals surface area contributed by atoms with Crippen molar-refractivity contribution in [2.75, 3.05) is 18.4 Å². The molecule has 0 bridgehead atoms. The maximum atomic E-state index is 13.1. The lowest BCUT2D eigenvalue weighted by Crippen LogP contribution is -2.42. The number of nitrogens with zero attached hydrogens (tertiary/aromatic N) is 2. The number of carbonyl (C=O) groups excluding carboxylic acids is 1. The smallest absolute Gasteiger partial charge is 0.256 e. The average molecular weight is 335 g/mol. The molecule has 0 spiro atoms. The van der Waals surface area contributed by atoms with Crippen molar-refractivity contribution in [2.45, 2.75) is 13.3 Å². The number of likely N-dealkylation sites (tertiary alicyclic amines) is 1. The van der Waals surface area contributed by atoms with Crippen molar-refractivity contribution in [1.82, 2.24) is 9.88 Å². The van der Waals surface area contributed by atoms with Gasteiger partial charge < -0.3 is 10.2 Å². The Bertz CT molecular complexity index is 949. The minimum Gasteiger partial charge on any atom is -0.340 e. The third-order valence-electron chi connectivity index (χ3n) is 4.60. The molecule has 4 rings (SSSR count). The van der Waals surface area contributed by atoms with Crippen LogP contribution in [0.1, 0.15) is 22.3 Å². The fourth-order valence-electron chi connectivity index (χ4n) is 3.11. The van der Waals surface area contributed by atoms with Gasteiger partial charge in [0.2, 0.25) is 0 Å². The molecule has 0 saturated carbocycles. The summed E-state index contributed by atoms with van der Waals surface area (Å²) in [5.41, 5.74) is 2.42. The molecule has 1 saturated heterocycles. The van der Waals surface area contributed by atoms with E-state index in [0.717, 1.165) is 41.5 Å². The molecule has 1 amide bonds. The fraction of sp³-hybridized carbons (Fsp3) is 0.200. The van der Waals surface area contributed by atoms with E-state index in [2.05, 4.69) is 10.3 Å². The highest BCUT2D eigenvalue weighted by Crippen LogP contribution is 2.30. The number of pyridine rings is 1. The summed E-state index contributed by atoms with van der Waals surface area (Å²) in [5, 5.41) is 5.02. The summed E-state index contributed by atoms with van der Waals surface area (Å²) < 4.78 is 13.1. The summed E-state index contributed by atoms with van der Waals surface area (Å²) in [4.78, 5) is 19.0. The third kappa shape index (κ3) is 2.82. The number of nitrogens with one attached hydrogen (secondary N) is 1. The Labute approximate surface area is 145 Å². The number of amides is 1. The molecule has 1 aromatic heterocycles. The van der Waals surface area contributed by atoms with Gasteiger partial charge in [-0.2, -0.15) is 0 Å². The molecule has 1 aliphatic heterocycles. The topological polar surface area (TPSA) is 45.2 Å². The number of aromatic nitrogens is 1. The molecule has 2 heterocycles. The highest BCUT2D eigenvalue weighted by atomic mass is 19.1. The van der Waals surface area contributed by atoms with Crippen LogP contribution in [-0.2, 0) is 0 Å². The minimum atomic E-state index is -0.283. The van der Waals surface area contributed by atoms with Crippen molar-refractivity contribution >= 4 is 28.2 Å². The molecule has 126 valence electrons. The van der Waals surface area contributed by atoms with E-state index in [4.69, 9.17) is 0 Å². The van der Waals surface area contributed by atoms with Crippen LogP contribution in [0.2, 0.25) is 0 Å². The van der Waals surface area contributed by atoms with Crippen molar-refractivity contribution in [3.8, 4) is 0 Å². The largest absolute Gasteiger partial charge is 0.340 e. The molecule has 1 N–H and O–H groups in total. The number of benzene rings is 2. The Balaban J connectivity index is 1.80. The Kier molecular flexibility index (Phi) is 3.84. The minimum absolute atomic E-state index is 0.0337. The second-order valence-corrected chi connectivity index (χ2v) is 6.30. The second-order valence-electron chi connectivity index (χ2n) is 6.30.